The number of sulfonamides is 1. The number of hydrogen-bond acceptors (Lipinski definition) is 6. The maximum Gasteiger partial charge on any atom is 0.264 e. The molecule has 8 nitrogen and oxygen atoms in total. The molecule has 2 aromatic carbocycles. The van der Waals surface area contributed by atoms with E-state index in [9.17, 15) is 13.2 Å². The van der Waals surface area contributed by atoms with Crippen LogP contribution in [0.2, 0.25) is 0 Å². The molecule has 1 aliphatic heterocycles. The minimum atomic E-state index is -3.82. The molecule has 0 saturated carbocycles. The predicted octanol–water partition coefficient (Wildman–Crippen LogP) is 2.44. The van der Waals surface area contributed by atoms with Crippen LogP contribution in [0.5, 0.6) is 11.5 Å². The SMILES string of the molecule is COc1ccc(S(=O)(=O)N(C)c2ccc(C(=O)NC[C@H]3CCCO3)cc2)cc1OC. The van der Waals surface area contributed by atoms with E-state index >= 15 is 0 Å². The fraction of sp³-hybridized carbons (Fsp3) is 0.381. The molecular formula is C21H26N2O6S. The molecular weight excluding hydrogens is 408 g/mol. The van der Waals surface area contributed by atoms with Crippen LogP contribution in [-0.2, 0) is 14.8 Å². The fourth-order valence-corrected chi connectivity index (χ4v) is 4.42. The van der Waals surface area contributed by atoms with Crippen molar-refractivity contribution in [2.24, 2.45) is 0 Å². The number of carbonyl (C=O) groups is 1. The fourth-order valence-electron chi connectivity index (χ4n) is 3.21. The van der Waals surface area contributed by atoms with Crippen LogP contribution >= 0.6 is 0 Å². The van der Waals surface area contributed by atoms with Crippen molar-refractivity contribution in [3.63, 3.8) is 0 Å². The zero-order valence-electron chi connectivity index (χ0n) is 17.3. The standard InChI is InChI=1S/C21H26N2O6S/c1-23(30(25,26)18-10-11-19(27-2)20(13-18)28-3)16-8-6-15(7-9-16)21(24)22-14-17-5-4-12-29-17/h6-11,13,17H,4-5,12,14H2,1-3H3,(H,22,24)/t17-/m1/s1. The number of methoxy groups -OCH3 is 2. The summed E-state index contributed by atoms with van der Waals surface area (Å²) in [6.45, 7) is 1.20. The van der Waals surface area contributed by atoms with Gasteiger partial charge in [-0.25, -0.2) is 8.42 Å². The first kappa shape index (κ1) is 21.9. The van der Waals surface area contributed by atoms with Crippen molar-refractivity contribution < 1.29 is 27.4 Å². The van der Waals surface area contributed by atoms with Gasteiger partial charge in [-0.3, -0.25) is 9.10 Å². The zero-order chi connectivity index (χ0) is 21.7. The van der Waals surface area contributed by atoms with Gasteiger partial charge in [-0.15, -0.1) is 0 Å². The van der Waals surface area contributed by atoms with Crippen molar-refractivity contribution in [1.29, 1.82) is 0 Å². The minimum Gasteiger partial charge on any atom is -0.493 e. The Morgan fingerprint density at radius 2 is 1.83 bits per heavy atom. The van der Waals surface area contributed by atoms with Gasteiger partial charge >= 0.3 is 0 Å². The van der Waals surface area contributed by atoms with Gasteiger partial charge in [0.1, 0.15) is 0 Å². The largest absolute Gasteiger partial charge is 0.493 e. The highest BCUT2D eigenvalue weighted by atomic mass is 32.2. The summed E-state index contributed by atoms with van der Waals surface area (Å²) < 4.78 is 43.0. The van der Waals surface area contributed by atoms with Crippen LogP contribution in [0.1, 0.15) is 23.2 Å². The Hall–Kier alpha value is -2.78. The smallest absolute Gasteiger partial charge is 0.264 e. The summed E-state index contributed by atoms with van der Waals surface area (Å²) in [5.41, 5.74) is 0.883. The summed E-state index contributed by atoms with van der Waals surface area (Å²) in [5.74, 6) is 0.546. The molecule has 0 aliphatic carbocycles. The summed E-state index contributed by atoms with van der Waals surface area (Å²) >= 11 is 0. The van der Waals surface area contributed by atoms with E-state index in [-0.39, 0.29) is 16.9 Å². The van der Waals surface area contributed by atoms with Crippen LogP contribution in [0.3, 0.4) is 0 Å². The van der Waals surface area contributed by atoms with Crippen molar-refractivity contribution in [2.75, 3.05) is 38.7 Å². The van der Waals surface area contributed by atoms with Crippen molar-refractivity contribution in [1.82, 2.24) is 5.32 Å². The number of benzene rings is 2. The maximum absolute atomic E-state index is 13.0. The molecule has 1 N–H and O–H groups in total. The molecule has 1 fully saturated rings. The monoisotopic (exact) mass is 434 g/mol. The van der Waals surface area contributed by atoms with Crippen LogP contribution in [0.15, 0.2) is 47.4 Å². The first-order chi connectivity index (χ1) is 14.4. The molecule has 0 spiro atoms. The lowest BCUT2D eigenvalue weighted by Crippen LogP contribution is -2.31. The summed E-state index contributed by atoms with van der Waals surface area (Å²) in [6.07, 6.45) is 2.01. The Morgan fingerprint density at radius 1 is 1.13 bits per heavy atom. The molecule has 1 aliphatic rings. The lowest BCUT2D eigenvalue weighted by molar-refractivity contribution is 0.0858. The molecule has 162 valence electrons. The van der Waals surface area contributed by atoms with Gasteiger partial charge in [0.05, 0.1) is 30.9 Å². The van der Waals surface area contributed by atoms with Crippen LogP contribution in [0.4, 0.5) is 5.69 Å². The van der Waals surface area contributed by atoms with Gasteiger partial charge in [-0.2, -0.15) is 0 Å². The number of anilines is 1. The van der Waals surface area contributed by atoms with E-state index in [1.807, 2.05) is 0 Å². The number of carbonyl (C=O) groups excluding carboxylic acids is 1. The molecule has 0 aromatic heterocycles. The number of nitrogens with one attached hydrogen (secondary N) is 1. The Labute approximate surface area is 176 Å². The van der Waals surface area contributed by atoms with E-state index in [1.165, 1.54) is 33.4 Å². The van der Waals surface area contributed by atoms with Gasteiger partial charge in [-0.05, 0) is 49.2 Å². The third-order valence-corrected chi connectivity index (χ3v) is 6.80. The third kappa shape index (κ3) is 4.68. The quantitative estimate of drug-likeness (QED) is 0.686. The maximum atomic E-state index is 13.0. The highest BCUT2D eigenvalue weighted by molar-refractivity contribution is 7.92. The van der Waals surface area contributed by atoms with Gasteiger partial charge in [0.15, 0.2) is 11.5 Å². The van der Waals surface area contributed by atoms with Crippen LogP contribution < -0.4 is 19.1 Å². The van der Waals surface area contributed by atoms with E-state index < -0.39 is 10.0 Å². The highest BCUT2D eigenvalue weighted by Crippen LogP contribution is 2.31. The molecule has 1 amide bonds. The summed E-state index contributed by atoms with van der Waals surface area (Å²) in [5, 5.41) is 2.85. The normalized spacial score (nSPS) is 16.2. The van der Waals surface area contributed by atoms with Crippen molar-refractivity contribution in [3.05, 3.63) is 48.0 Å². The second-order valence-corrected chi connectivity index (χ2v) is 8.85. The van der Waals surface area contributed by atoms with Gasteiger partial charge < -0.3 is 19.5 Å². The summed E-state index contributed by atoms with van der Waals surface area (Å²) in [7, 11) is 0.561. The molecule has 0 radical (unpaired) electrons. The number of nitrogens with zero attached hydrogens (tertiary/aromatic N) is 1. The Bertz CT molecular complexity index is 985. The molecule has 2 aromatic rings. The van der Waals surface area contributed by atoms with Gasteiger partial charge in [0.2, 0.25) is 0 Å². The van der Waals surface area contributed by atoms with Crippen molar-refractivity contribution in [2.45, 2.75) is 23.8 Å². The topological polar surface area (TPSA) is 94.2 Å². The van der Waals surface area contributed by atoms with Gasteiger partial charge in [0.25, 0.3) is 15.9 Å². The lowest BCUT2D eigenvalue weighted by Gasteiger charge is -2.20. The van der Waals surface area contributed by atoms with E-state index in [0.717, 1.165) is 23.8 Å². The van der Waals surface area contributed by atoms with E-state index in [2.05, 4.69) is 5.32 Å². The zero-order valence-corrected chi connectivity index (χ0v) is 18.1. The van der Waals surface area contributed by atoms with E-state index in [0.29, 0.717) is 29.3 Å². The van der Waals surface area contributed by atoms with E-state index in [1.54, 1.807) is 30.3 Å². The van der Waals surface area contributed by atoms with Crippen molar-refractivity contribution >= 4 is 21.6 Å². The molecule has 1 heterocycles. The summed E-state index contributed by atoms with van der Waals surface area (Å²) in [6, 6.07) is 10.8. The van der Waals surface area contributed by atoms with Crippen LogP contribution in [0, 0.1) is 0 Å². The number of hydrogen-bond donors (Lipinski definition) is 1. The molecule has 9 heteroatoms. The van der Waals surface area contributed by atoms with Crippen molar-refractivity contribution in [3.8, 4) is 11.5 Å². The molecule has 0 unspecified atom stereocenters. The van der Waals surface area contributed by atoms with Crippen LogP contribution in [0.25, 0.3) is 0 Å². The van der Waals surface area contributed by atoms with E-state index in [4.69, 9.17) is 14.2 Å². The lowest BCUT2D eigenvalue weighted by atomic mass is 10.2. The average Bonchev–Trinajstić information content (AvgIpc) is 3.30. The Morgan fingerprint density at radius 3 is 2.43 bits per heavy atom. The summed E-state index contributed by atoms with van der Waals surface area (Å²) in [4.78, 5) is 12.4. The number of ether oxygens (including phenoxy) is 3. The number of amides is 1. The Balaban J connectivity index is 1.72. The first-order valence-corrected chi connectivity index (χ1v) is 11.0. The second-order valence-electron chi connectivity index (χ2n) is 6.88. The molecule has 0 bridgehead atoms. The van der Waals surface area contributed by atoms with Gasteiger partial charge in [0, 0.05) is 31.8 Å². The Kier molecular flexibility index (Phi) is 6.84. The minimum absolute atomic E-state index is 0.0611. The predicted molar refractivity (Wildman–Crippen MR) is 113 cm³/mol. The molecule has 1 saturated heterocycles. The second kappa shape index (κ2) is 9.36. The number of rotatable bonds is 8. The highest BCUT2D eigenvalue weighted by Gasteiger charge is 2.23. The average molecular weight is 435 g/mol. The molecule has 30 heavy (non-hydrogen) atoms. The molecule has 3 rings (SSSR count). The van der Waals surface area contributed by atoms with Gasteiger partial charge in [-0.1, -0.05) is 0 Å². The van der Waals surface area contributed by atoms with Crippen LogP contribution in [-0.4, -0.2) is 54.8 Å². The first-order valence-electron chi connectivity index (χ1n) is 9.57. The molecule has 1 atom stereocenters. The third-order valence-electron chi connectivity index (χ3n) is 5.02.